The van der Waals surface area contributed by atoms with E-state index in [9.17, 15) is 16.8 Å². The Hall–Kier alpha value is -2.59. The van der Waals surface area contributed by atoms with Crippen molar-refractivity contribution in [3.63, 3.8) is 0 Å². The highest BCUT2D eigenvalue weighted by Gasteiger charge is 2.25. The van der Waals surface area contributed by atoms with Crippen LogP contribution in [0.2, 0.25) is 0 Å². The highest BCUT2D eigenvalue weighted by molar-refractivity contribution is 7.90. The van der Waals surface area contributed by atoms with Crippen LogP contribution in [0.3, 0.4) is 0 Å². The SMILES string of the molecule is CS(=O)(=O)CCC1CCC(Nc2c(N)cnc3c2ccn3S(=O)(=O)c2ccccc2)CC1. The molecule has 0 bridgehead atoms. The molecule has 3 aromatic rings. The van der Waals surface area contributed by atoms with Gasteiger partial charge in [0.15, 0.2) is 5.65 Å². The van der Waals surface area contributed by atoms with E-state index in [1.54, 1.807) is 36.4 Å². The van der Waals surface area contributed by atoms with Gasteiger partial charge in [0.1, 0.15) is 9.84 Å². The number of nitrogens with two attached hydrogens (primary N) is 1. The van der Waals surface area contributed by atoms with Crippen molar-refractivity contribution in [3.8, 4) is 0 Å². The first kappa shape index (κ1) is 22.6. The predicted octanol–water partition coefficient (Wildman–Crippen LogP) is 3.26. The van der Waals surface area contributed by atoms with Crippen LogP contribution in [0.15, 0.2) is 53.7 Å². The molecule has 1 aromatic carbocycles. The molecule has 172 valence electrons. The Bertz CT molecular complexity index is 1310. The molecule has 0 amide bonds. The van der Waals surface area contributed by atoms with Gasteiger partial charge in [-0.2, -0.15) is 0 Å². The van der Waals surface area contributed by atoms with E-state index in [0.29, 0.717) is 34.7 Å². The van der Waals surface area contributed by atoms with Gasteiger partial charge < -0.3 is 11.1 Å². The molecule has 0 saturated heterocycles. The minimum atomic E-state index is -3.77. The predicted molar refractivity (Wildman–Crippen MR) is 127 cm³/mol. The van der Waals surface area contributed by atoms with Crippen molar-refractivity contribution in [3.05, 3.63) is 48.8 Å². The third kappa shape index (κ3) is 4.75. The Morgan fingerprint density at radius 2 is 1.75 bits per heavy atom. The summed E-state index contributed by atoms with van der Waals surface area (Å²) in [4.78, 5) is 4.50. The minimum Gasteiger partial charge on any atom is -0.396 e. The van der Waals surface area contributed by atoms with E-state index in [0.717, 1.165) is 25.7 Å². The normalized spacial score (nSPS) is 19.8. The number of fused-ring (bicyclic) bond motifs is 1. The number of hydrogen-bond donors (Lipinski definition) is 2. The van der Waals surface area contributed by atoms with Gasteiger partial charge in [-0.25, -0.2) is 25.8 Å². The Morgan fingerprint density at radius 3 is 2.41 bits per heavy atom. The summed E-state index contributed by atoms with van der Waals surface area (Å²) < 4.78 is 50.2. The van der Waals surface area contributed by atoms with Crippen molar-refractivity contribution in [2.45, 2.75) is 43.0 Å². The molecule has 0 spiro atoms. The van der Waals surface area contributed by atoms with Crippen LogP contribution in [0.4, 0.5) is 11.4 Å². The number of aromatic nitrogens is 2. The fraction of sp³-hybridized carbons (Fsp3) is 0.409. The third-order valence-corrected chi connectivity index (χ3v) is 8.76. The Labute approximate surface area is 188 Å². The number of pyridine rings is 1. The van der Waals surface area contributed by atoms with E-state index in [4.69, 9.17) is 5.73 Å². The van der Waals surface area contributed by atoms with E-state index >= 15 is 0 Å². The van der Waals surface area contributed by atoms with E-state index in [-0.39, 0.29) is 16.7 Å². The Balaban J connectivity index is 1.54. The van der Waals surface area contributed by atoms with Crippen molar-refractivity contribution in [2.24, 2.45) is 5.92 Å². The maximum Gasteiger partial charge on any atom is 0.269 e. The average molecular weight is 477 g/mol. The Kier molecular flexibility index (Phi) is 6.17. The molecule has 1 aliphatic rings. The smallest absolute Gasteiger partial charge is 0.269 e. The average Bonchev–Trinajstić information content (AvgIpc) is 3.20. The lowest BCUT2D eigenvalue weighted by molar-refractivity contribution is 0.330. The van der Waals surface area contributed by atoms with E-state index in [2.05, 4.69) is 10.3 Å². The number of nitrogens with one attached hydrogen (secondary N) is 1. The monoisotopic (exact) mass is 476 g/mol. The van der Waals surface area contributed by atoms with Crippen LogP contribution >= 0.6 is 0 Å². The van der Waals surface area contributed by atoms with Gasteiger partial charge in [-0.05, 0) is 56.2 Å². The zero-order valence-corrected chi connectivity index (χ0v) is 19.6. The van der Waals surface area contributed by atoms with Crippen molar-refractivity contribution in [2.75, 3.05) is 23.1 Å². The number of rotatable bonds is 7. The molecule has 8 nitrogen and oxygen atoms in total. The standard InChI is InChI=1S/C22H28N4O4S2/c1-31(27,28)14-12-16-7-9-17(10-8-16)25-21-19-11-13-26(22(19)24-15-20(21)23)32(29,30)18-5-3-2-4-6-18/h2-6,11,13,15-17H,7-10,12,14,23H2,1H3,(H,24,25). The first-order valence-electron chi connectivity index (χ1n) is 10.7. The fourth-order valence-corrected chi connectivity index (χ4v) is 6.40. The Morgan fingerprint density at radius 1 is 1.06 bits per heavy atom. The molecule has 2 aromatic heterocycles. The van der Waals surface area contributed by atoms with Gasteiger partial charge in [-0.1, -0.05) is 18.2 Å². The number of benzene rings is 1. The lowest BCUT2D eigenvalue weighted by Gasteiger charge is -2.30. The molecule has 3 N–H and O–H groups in total. The lowest BCUT2D eigenvalue weighted by Crippen LogP contribution is -2.27. The number of hydrogen-bond acceptors (Lipinski definition) is 7. The van der Waals surface area contributed by atoms with Gasteiger partial charge in [-0.15, -0.1) is 0 Å². The minimum absolute atomic E-state index is 0.187. The fourth-order valence-electron chi connectivity index (χ4n) is 4.32. The number of nitrogen functional groups attached to an aromatic ring is 1. The van der Waals surface area contributed by atoms with E-state index < -0.39 is 19.9 Å². The molecular weight excluding hydrogens is 448 g/mol. The van der Waals surface area contributed by atoms with Crippen LogP contribution in [0.1, 0.15) is 32.1 Å². The van der Waals surface area contributed by atoms with Crippen LogP contribution in [0, 0.1) is 5.92 Å². The highest BCUT2D eigenvalue weighted by Crippen LogP contribution is 2.34. The summed E-state index contributed by atoms with van der Waals surface area (Å²) >= 11 is 0. The summed E-state index contributed by atoms with van der Waals surface area (Å²) in [5.41, 5.74) is 7.69. The molecular formula is C22H28N4O4S2. The summed E-state index contributed by atoms with van der Waals surface area (Å²) in [6, 6.07) is 10.2. The molecule has 32 heavy (non-hydrogen) atoms. The summed E-state index contributed by atoms with van der Waals surface area (Å²) in [5, 5.41) is 4.15. The first-order valence-corrected chi connectivity index (χ1v) is 14.2. The van der Waals surface area contributed by atoms with Crippen LogP contribution in [-0.4, -0.2) is 43.8 Å². The summed E-state index contributed by atoms with van der Waals surface area (Å²) in [6.07, 6.45) is 8.68. The molecule has 1 fully saturated rings. The highest BCUT2D eigenvalue weighted by atomic mass is 32.2. The molecule has 0 atom stereocenters. The summed E-state index contributed by atoms with van der Waals surface area (Å²) in [5.74, 6) is 0.645. The van der Waals surface area contributed by atoms with Gasteiger partial charge in [0.05, 0.1) is 28.2 Å². The molecule has 10 heteroatoms. The van der Waals surface area contributed by atoms with Gasteiger partial charge >= 0.3 is 0 Å². The number of nitrogens with zero attached hydrogens (tertiary/aromatic N) is 2. The second-order valence-corrected chi connectivity index (χ2v) is 12.6. The molecule has 1 aliphatic carbocycles. The molecule has 2 heterocycles. The maximum absolute atomic E-state index is 13.1. The second-order valence-electron chi connectivity index (χ2n) is 8.54. The molecule has 0 radical (unpaired) electrons. The lowest BCUT2D eigenvalue weighted by atomic mass is 9.84. The quantitative estimate of drug-likeness (QED) is 0.536. The van der Waals surface area contributed by atoms with Crippen molar-refractivity contribution >= 4 is 42.3 Å². The second kappa shape index (κ2) is 8.74. The zero-order valence-electron chi connectivity index (χ0n) is 17.9. The third-order valence-electron chi connectivity index (χ3n) is 6.10. The van der Waals surface area contributed by atoms with Gasteiger partial charge in [0, 0.05) is 23.9 Å². The zero-order chi connectivity index (χ0) is 22.9. The van der Waals surface area contributed by atoms with Crippen LogP contribution in [0.5, 0.6) is 0 Å². The molecule has 0 aliphatic heterocycles. The number of anilines is 2. The topological polar surface area (TPSA) is 124 Å². The van der Waals surface area contributed by atoms with Crippen molar-refractivity contribution < 1.29 is 16.8 Å². The molecule has 4 rings (SSSR count). The van der Waals surface area contributed by atoms with Crippen molar-refractivity contribution in [1.29, 1.82) is 0 Å². The molecule has 1 saturated carbocycles. The van der Waals surface area contributed by atoms with Gasteiger partial charge in [-0.3, -0.25) is 0 Å². The van der Waals surface area contributed by atoms with Crippen LogP contribution in [-0.2, 0) is 19.9 Å². The first-order chi connectivity index (χ1) is 15.1. The van der Waals surface area contributed by atoms with Crippen molar-refractivity contribution in [1.82, 2.24) is 8.96 Å². The van der Waals surface area contributed by atoms with Gasteiger partial charge in [0.2, 0.25) is 0 Å². The number of sulfone groups is 1. The summed E-state index contributed by atoms with van der Waals surface area (Å²) in [7, 11) is -6.71. The van der Waals surface area contributed by atoms with Crippen LogP contribution in [0.25, 0.3) is 11.0 Å². The van der Waals surface area contributed by atoms with Gasteiger partial charge in [0.25, 0.3) is 10.0 Å². The maximum atomic E-state index is 13.1. The van der Waals surface area contributed by atoms with E-state index in [1.807, 2.05) is 0 Å². The van der Waals surface area contributed by atoms with E-state index in [1.165, 1.54) is 22.6 Å². The molecule has 0 unspecified atom stereocenters. The summed E-state index contributed by atoms with van der Waals surface area (Å²) in [6.45, 7) is 0. The van der Waals surface area contributed by atoms with Crippen LogP contribution < -0.4 is 11.1 Å². The largest absolute Gasteiger partial charge is 0.396 e.